The second-order valence-electron chi connectivity index (χ2n) is 6.49. The molecule has 24 heavy (non-hydrogen) atoms. The molecule has 128 valence electrons. The van der Waals surface area contributed by atoms with Crippen molar-refractivity contribution in [1.82, 2.24) is 15.1 Å². The van der Waals surface area contributed by atoms with Gasteiger partial charge in [0.2, 0.25) is 0 Å². The van der Waals surface area contributed by atoms with Crippen LogP contribution in [0.4, 0.5) is 4.39 Å². The van der Waals surface area contributed by atoms with Crippen LogP contribution >= 0.6 is 0 Å². The Morgan fingerprint density at radius 3 is 3.17 bits per heavy atom. The molecule has 0 spiro atoms. The van der Waals surface area contributed by atoms with Gasteiger partial charge in [0.25, 0.3) is 0 Å². The minimum absolute atomic E-state index is 0.125. The topological polar surface area (TPSA) is 50.4 Å². The van der Waals surface area contributed by atoms with Crippen LogP contribution in [0.1, 0.15) is 35.5 Å². The molecule has 1 fully saturated rings. The highest BCUT2D eigenvalue weighted by atomic mass is 19.1. The quantitative estimate of drug-likeness (QED) is 0.939. The number of aromatic nitrogens is 2. The van der Waals surface area contributed by atoms with Crippen molar-refractivity contribution in [2.75, 3.05) is 19.8 Å². The Morgan fingerprint density at radius 2 is 2.29 bits per heavy atom. The largest absolute Gasteiger partial charge is 0.376 e. The van der Waals surface area contributed by atoms with Crippen LogP contribution in [-0.4, -0.2) is 40.9 Å². The summed E-state index contributed by atoms with van der Waals surface area (Å²) in [5, 5.41) is 7.63. The molecule has 0 aliphatic carbocycles. The molecule has 5 nitrogen and oxygen atoms in total. The van der Waals surface area contributed by atoms with E-state index in [1.165, 1.54) is 17.3 Å². The van der Waals surface area contributed by atoms with Crippen molar-refractivity contribution < 1.29 is 13.9 Å². The maximum atomic E-state index is 13.5. The molecular weight excluding hydrogens is 309 g/mol. The number of morpholine rings is 1. The minimum atomic E-state index is -0.223. The fourth-order valence-corrected chi connectivity index (χ4v) is 3.61. The number of fused-ring (bicyclic) bond motifs is 1. The van der Waals surface area contributed by atoms with E-state index in [-0.39, 0.29) is 18.0 Å². The van der Waals surface area contributed by atoms with Gasteiger partial charge in [0.1, 0.15) is 5.82 Å². The molecule has 3 heterocycles. The van der Waals surface area contributed by atoms with E-state index in [2.05, 4.69) is 22.0 Å². The number of aromatic amines is 1. The smallest absolute Gasteiger partial charge is 0.123 e. The summed E-state index contributed by atoms with van der Waals surface area (Å²) < 4.78 is 25.0. The van der Waals surface area contributed by atoms with E-state index in [1.807, 2.05) is 6.07 Å². The molecule has 0 unspecified atom stereocenters. The molecule has 1 N–H and O–H groups in total. The lowest BCUT2D eigenvalue weighted by Crippen LogP contribution is -2.45. The van der Waals surface area contributed by atoms with Crippen LogP contribution in [0.5, 0.6) is 0 Å². The van der Waals surface area contributed by atoms with Crippen molar-refractivity contribution in [2.24, 2.45) is 0 Å². The van der Waals surface area contributed by atoms with Gasteiger partial charge in [-0.05, 0) is 24.6 Å². The van der Waals surface area contributed by atoms with Crippen molar-refractivity contribution in [3.05, 3.63) is 52.6 Å². The monoisotopic (exact) mass is 331 g/mol. The molecule has 0 amide bonds. The van der Waals surface area contributed by atoms with Crippen molar-refractivity contribution in [1.29, 1.82) is 0 Å². The Labute approximate surface area is 140 Å². The average Bonchev–Trinajstić information content (AvgIpc) is 3.00. The summed E-state index contributed by atoms with van der Waals surface area (Å²) >= 11 is 0. The van der Waals surface area contributed by atoms with E-state index < -0.39 is 0 Å². The SMILES string of the molecule is C[C@@H]1[C@@H](c2cccc(F)c2)OCCN1Cc1n[nH]c2c1COCC2. The highest BCUT2D eigenvalue weighted by Crippen LogP contribution is 2.30. The summed E-state index contributed by atoms with van der Waals surface area (Å²) in [6.07, 6.45) is 0.771. The third-order valence-electron chi connectivity index (χ3n) is 5.00. The molecule has 2 aliphatic rings. The number of nitrogens with one attached hydrogen (secondary N) is 1. The summed E-state index contributed by atoms with van der Waals surface area (Å²) in [6.45, 7) is 5.75. The molecule has 1 saturated heterocycles. The Balaban J connectivity index is 1.52. The van der Waals surface area contributed by atoms with Crippen LogP contribution in [0, 0.1) is 5.82 Å². The zero-order valence-corrected chi connectivity index (χ0v) is 13.8. The summed E-state index contributed by atoms with van der Waals surface area (Å²) in [5.74, 6) is -0.223. The zero-order chi connectivity index (χ0) is 16.5. The summed E-state index contributed by atoms with van der Waals surface area (Å²) in [6, 6.07) is 6.84. The lowest BCUT2D eigenvalue weighted by atomic mass is 9.99. The predicted molar refractivity (Wildman–Crippen MR) is 86.9 cm³/mol. The first-order chi connectivity index (χ1) is 11.7. The summed E-state index contributed by atoms with van der Waals surface area (Å²) in [4.78, 5) is 2.35. The molecule has 0 radical (unpaired) electrons. The van der Waals surface area contributed by atoms with E-state index in [1.54, 1.807) is 12.1 Å². The first-order valence-corrected chi connectivity index (χ1v) is 8.46. The second kappa shape index (κ2) is 6.63. The van der Waals surface area contributed by atoms with E-state index in [9.17, 15) is 4.39 Å². The Morgan fingerprint density at radius 1 is 1.38 bits per heavy atom. The fraction of sp³-hybridized carbons (Fsp3) is 0.500. The van der Waals surface area contributed by atoms with Gasteiger partial charge in [-0.2, -0.15) is 5.10 Å². The number of ether oxygens (including phenoxy) is 2. The molecule has 0 saturated carbocycles. The first kappa shape index (κ1) is 15.7. The van der Waals surface area contributed by atoms with Crippen molar-refractivity contribution >= 4 is 0 Å². The third-order valence-corrected chi connectivity index (χ3v) is 5.00. The molecule has 6 heteroatoms. The molecule has 0 bridgehead atoms. The van der Waals surface area contributed by atoms with Crippen LogP contribution in [0.15, 0.2) is 24.3 Å². The van der Waals surface area contributed by atoms with Gasteiger partial charge in [-0.15, -0.1) is 0 Å². The first-order valence-electron chi connectivity index (χ1n) is 8.46. The third kappa shape index (κ3) is 2.97. The molecular formula is C18H22FN3O2. The van der Waals surface area contributed by atoms with Crippen LogP contribution in [0.2, 0.25) is 0 Å². The van der Waals surface area contributed by atoms with Crippen LogP contribution in [0.3, 0.4) is 0 Å². The highest BCUT2D eigenvalue weighted by Gasteiger charge is 2.31. The Hall–Kier alpha value is -1.76. The van der Waals surface area contributed by atoms with E-state index >= 15 is 0 Å². The van der Waals surface area contributed by atoms with Gasteiger partial charge in [-0.3, -0.25) is 10.00 Å². The Bertz CT molecular complexity index is 718. The van der Waals surface area contributed by atoms with Gasteiger partial charge in [-0.1, -0.05) is 12.1 Å². The zero-order valence-electron chi connectivity index (χ0n) is 13.8. The number of rotatable bonds is 3. The summed E-state index contributed by atoms with van der Waals surface area (Å²) in [5.41, 5.74) is 4.33. The summed E-state index contributed by atoms with van der Waals surface area (Å²) in [7, 11) is 0. The minimum Gasteiger partial charge on any atom is -0.376 e. The van der Waals surface area contributed by atoms with E-state index in [0.29, 0.717) is 13.2 Å². The molecule has 2 aliphatic heterocycles. The molecule has 1 aromatic heterocycles. The number of hydrogen-bond donors (Lipinski definition) is 1. The number of halogens is 1. The second-order valence-corrected chi connectivity index (χ2v) is 6.49. The van der Waals surface area contributed by atoms with Crippen LogP contribution in [0.25, 0.3) is 0 Å². The normalized spacial score (nSPS) is 24.8. The van der Waals surface area contributed by atoms with E-state index in [4.69, 9.17) is 9.47 Å². The number of benzene rings is 1. The lowest BCUT2D eigenvalue weighted by molar-refractivity contribution is -0.0709. The molecule has 4 rings (SSSR count). The van der Waals surface area contributed by atoms with Crippen molar-refractivity contribution in [2.45, 2.75) is 38.6 Å². The number of hydrogen-bond acceptors (Lipinski definition) is 4. The lowest BCUT2D eigenvalue weighted by Gasteiger charge is -2.39. The van der Waals surface area contributed by atoms with Crippen LogP contribution < -0.4 is 0 Å². The van der Waals surface area contributed by atoms with Gasteiger partial charge in [0, 0.05) is 36.8 Å². The van der Waals surface area contributed by atoms with Gasteiger partial charge >= 0.3 is 0 Å². The van der Waals surface area contributed by atoms with Gasteiger partial charge in [0.15, 0.2) is 0 Å². The highest BCUT2D eigenvalue weighted by molar-refractivity contribution is 5.27. The van der Waals surface area contributed by atoms with E-state index in [0.717, 1.165) is 37.4 Å². The maximum Gasteiger partial charge on any atom is 0.123 e. The average molecular weight is 331 g/mol. The van der Waals surface area contributed by atoms with Gasteiger partial charge < -0.3 is 9.47 Å². The molecule has 2 aromatic rings. The molecule has 1 aromatic carbocycles. The fourth-order valence-electron chi connectivity index (χ4n) is 3.61. The van der Waals surface area contributed by atoms with Crippen molar-refractivity contribution in [3.8, 4) is 0 Å². The number of H-pyrrole nitrogens is 1. The number of nitrogens with zero attached hydrogens (tertiary/aromatic N) is 2. The predicted octanol–water partition coefficient (Wildman–Crippen LogP) is 2.58. The Kier molecular flexibility index (Phi) is 4.35. The van der Waals surface area contributed by atoms with Gasteiger partial charge in [0.05, 0.1) is 31.6 Å². The standard InChI is InChI=1S/C18H22FN3O2/c1-12-18(13-3-2-4-14(19)9-13)24-8-6-22(12)10-17-15-11-23-7-5-16(15)20-21-17/h2-4,9,12,18H,5-8,10-11H2,1H3,(H,20,21)/t12-,18+/m1/s1. The maximum absolute atomic E-state index is 13.5. The van der Waals surface area contributed by atoms with Crippen molar-refractivity contribution in [3.63, 3.8) is 0 Å². The van der Waals surface area contributed by atoms with Gasteiger partial charge in [-0.25, -0.2) is 4.39 Å². The molecule has 2 atom stereocenters. The van der Waals surface area contributed by atoms with Crippen LogP contribution in [-0.2, 0) is 29.0 Å².